The summed E-state index contributed by atoms with van der Waals surface area (Å²) in [7, 11) is 1.62. The van der Waals surface area contributed by atoms with E-state index in [1.54, 1.807) is 7.11 Å². The zero-order chi connectivity index (χ0) is 10.0. The van der Waals surface area contributed by atoms with Crippen molar-refractivity contribution in [2.45, 2.75) is 20.3 Å². The molecular formula is C10H14ClNO. The van der Waals surface area contributed by atoms with Crippen molar-refractivity contribution >= 4 is 17.3 Å². The second-order valence-corrected chi connectivity index (χ2v) is 3.33. The Morgan fingerprint density at radius 1 is 1.54 bits per heavy atom. The molecule has 0 amide bonds. The van der Waals surface area contributed by atoms with Crippen molar-refractivity contribution in [3.63, 3.8) is 0 Å². The van der Waals surface area contributed by atoms with E-state index in [2.05, 4.69) is 0 Å². The Bertz CT molecular complexity index is 323. The number of benzene rings is 1. The monoisotopic (exact) mass is 199 g/mol. The van der Waals surface area contributed by atoms with E-state index < -0.39 is 0 Å². The first-order valence-electron chi connectivity index (χ1n) is 4.23. The number of methoxy groups -OCH3 is 1. The van der Waals surface area contributed by atoms with Gasteiger partial charge in [0.05, 0.1) is 12.1 Å². The number of ether oxygens (including phenoxy) is 1. The molecule has 1 aromatic rings. The van der Waals surface area contributed by atoms with Crippen LogP contribution >= 0.6 is 11.6 Å². The zero-order valence-electron chi connectivity index (χ0n) is 8.15. The lowest BCUT2D eigenvalue weighted by molar-refractivity contribution is 0.410. The average molecular weight is 200 g/mol. The molecular weight excluding hydrogens is 186 g/mol. The molecule has 13 heavy (non-hydrogen) atoms. The van der Waals surface area contributed by atoms with Gasteiger partial charge in [-0.3, -0.25) is 0 Å². The fourth-order valence-electron chi connectivity index (χ4n) is 1.28. The minimum atomic E-state index is 0.624. The number of nitrogens with two attached hydrogens (primary N) is 1. The normalized spacial score (nSPS) is 10.2. The molecule has 0 saturated carbocycles. The maximum Gasteiger partial charge on any atom is 0.141 e. The maximum absolute atomic E-state index is 6.08. The SMILES string of the molecule is CCc1cc(N)c(C)c(Cl)c1OC. The van der Waals surface area contributed by atoms with Gasteiger partial charge in [0, 0.05) is 5.69 Å². The molecule has 0 fully saturated rings. The Labute approximate surface area is 83.6 Å². The van der Waals surface area contributed by atoms with Crippen molar-refractivity contribution in [1.29, 1.82) is 0 Å². The van der Waals surface area contributed by atoms with E-state index in [1.807, 2.05) is 19.9 Å². The third-order valence-corrected chi connectivity index (χ3v) is 2.62. The molecule has 0 bridgehead atoms. The van der Waals surface area contributed by atoms with Crippen LogP contribution in [0.25, 0.3) is 0 Å². The van der Waals surface area contributed by atoms with Crippen molar-refractivity contribution in [3.05, 3.63) is 22.2 Å². The lowest BCUT2D eigenvalue weighted by Gasteiger charge is -2.12. The number of rotatable bonds is 2. The van der Waals surface area contributed by atoms with E-state index in [9.17, 15) is 0 Å². The van der Waals surface area contributed by atoms with Crippen LogP contribution in [0.15, 0.2) is 6.07 Å². The van der Waals surface area contributed by atoms with Gasteiger partial charge >= 0.3 is 0 Å². The van der Waals surface area contributed by atoms with Crippen molar-refractivity contribution in [1.82, 2.24) is 0 Å². The van der Waals surface area contributed by atoms with Crippen LogP contribution in [0.5, 0.6) is 5.75 Å². The first-order valence-corrected chi connectivity index (χ1v) is 4.61. The van der Waals surface area contributed by atoms with Crippen LogP contribution in [0, 0.1) is 6.92 Å². The number of hydrogen-bond acceptors (Lipinski definition) is 2. The Morgan fingerprint density at radius 2 is 2.15 bits per heavy atom. The minimum Gasteiger partial charge on any atom is -0.495 e. The van der Waals surface area contributed by atoms with Crippen LogP contribution in [-0.4, -0.2) is 7.11 Å². The van der Waals surface area contributed by atoms with Gasteiger partial charge in [-0.2, -0.15) is 0 Å². The van der Waals surface area contributed by atoms with Gasteiger partial charge in [0.2, 0.25) is 0 Å². The van der Waals surface area contributed by atoms with Gasteiger partial charge in [-0.1, -0.05) is 18.5 Å². The van der Waals surface area contributed by atoms with E-state index in [0.717, 1.165) is 29.0 Å². The molecule has 1 aromatic carbocycles. The summed E-state index contributed by atoms with van der Waals surface area (Å²) in [6, 6.07) is 1.92. The Kier molecular flexibility index (Phi) is 3.04. The second-order valence-electron chi connectivity index (χ2n) is 2.95. The van der Waals surface area contributed by atoms with Crippen molar-refractivity contribution in [3.8, 4) is 5.75 Å². The molecule has 1 rings (SSSR count). The molecule has 2 nitrogen and oxygen atoms in total. The number of anilines is 1. The molecule has 0 aliphatic heterocycles. The first-order chi connectivity index (χ1) is 6.11. The third-order valence-electron chi connectivity index (χ3n) is 2.17. The van der Waals surface area contributed by atoms with Crippen LogP contribution in [0.2, 0.25) is 5.02 Å². The van der Waals surface area contributed by atoms with Gasteiger partial charge in [0.15, 0.2) is 0 Å². The highest BCUT2D eigenvalue weighted by atomic mass is 35.5. The summed E-state index contributed by atoms with van der Waals surface area (Å²) < 4.78 is 5.22. The average Bonchev–Trinajstić information content (AvgIpc) is 2.13. The van der Waals surface area contributed by atoms with Gasteiger partial charge in [-0.15, -0.1) is 0 Å². The number of nitrogen functional groups attached to an aromatic ring is 1. The summed E-state index contributed by atoms with van der Waals surface area (Å²) >= 11 is 6.08. The fraction of sp³-hybridized carbons (Fsp3) is 0.400. The van der Waals surface area contributed by atoms with Crippen LogP contribution < -0.4 is 10.5 Å². The van der Waals surface area contributed by atoms with Gasteiger partial charge in [-0.25, -0.2) is 0 Å². The molecule has 72 valence electrons. The first kappa shape index (κ1) is 10.2. The highest BCUT2D eigenvalue weighted by Crippen LogP contribution is 2.35. The van der Waals surface area contributed by atoms with Gasteiger partial charge in [0.1, 0.15) is 5.75 Å². The molecule has 2 N–H and O–H groups in total. The molecule has 0 unspecified atom stereocenters. The van der Waals surface area contributed by atoms with Crippen molar-refractivity contribution < 1.29 is 4.74 Å². The molecule has 3 heteroatoms. The van der Waals surface area contributed by atoms with E-state index >= 15 is 0 Å². The number of aryl methyl sites for hydroxylation is 1. The number of halogens is 1. The highest BCUT2D eigenvalue weighted by molar-refractivity contribution is 6.33. The van der Waals surface area contributed by atoms with Crippen LogP contribution in [0.3, 0.4) is 0 Å². The van der Waals surface area contributed by atoms with Gasteiger partial charge in [-0.05, 0) is 30.5 Å². The summed E-state index contributed by atoms with van der Waals surface area (Å²) in [6.07, 6.45) is 0.868. The van der Waals surface area contributed by atoms with E-state index in [4.69, 9.17) is 22.1 Å². The Morgan fingerprint density at radius 3 is 2.62 bits per heavy atom. The van der Waals surface area contributed by atoms with Crippen LogP contribution in [-0.2, 0) is 6.42 Å². The smallest absolute Gasteiger partial charge is 0.141 e. The summed E-state index contributed by atoms with van der Waals surface area (Å²) in [5.41, 5.74) is 8.44. The predicted molar refractivity (Wildman–Crippen MR) is 56.5 cm³/mol. The maximum atomic E-state index is 6.08. The predicted octanol–water partition coefficient (Wildman–Crippen LogP) is 2.80. The van der Waals surface area contributed by atoms with Gasteiger partial charge < -0.3 is 10.5 Å². The van der Waals surface area contributed by atoms with Crippen LogP contribution in [0.1, 0.15) is 18.1 Å². The molecule has 0 spiro atoms. The van der Waals surface area contributed by atoms with Crippen LogP contribution in [0.4, 0.5) is 5.69 Å². The topological polar surface area (TPSA) is 35.2 Å². The standard InChI is InChI=1S/C10H14ClNO/c1-4-7-5-8(12)6(2)9(11)10(7)13-3/h5H,4,12H2,1-3H3. The van der Waals surface area contributed by atoms with Crippen molar-refractivity contribution in [2.24, 2.45) is 0 Å². The molecule has 0 aliphatic rings. The zero-order valence-corrected chi connectivity index (χ0v) is 8.90. The number of hydrogen-bond donors (Lipinski definition) is 1. The molecule has 0 radical (unpaired) electrons. The Hall–Kier alpha value is -0.890. The fourth-order valence-corrected chi connectivity index (χ4v) is 1.59. The van der Waals surface area contributed by atoms with E-state index in [-0.39, 0.29) is 0 Å². The summed E-state index contributed by atoms with van der Waals surface area (Å²) in [5.74, 6) is 0.746. The largest absolute Gasteiger partial charge is 0.495 e. The molecule has 0 saturated heterocycles. The molecule has 0 aromatic heterocycles. The lowest BCUT2D eigenvalue weighted by Crippen LogP contribution is -1.98. The quantitative estimate of drug-likeness (QED) is 0.744. The Balaban J connectivity index is 3.39. The third kappa shape index (κ3) is 1.73. The van der Waals surface area contributed by atoms with E-state index in [1.165, 1.54) is 0 Å². The van der Waals surface area contributed by atoms with Crippen molar-refractivity contribution in [2.75, 3.05) is 12.8 Å². The molecule has 0 heterocycles. The summed E-state index contributed by atoms with van der Waals surface area (Å²) in [4.78, 5) is 0. The summed E-state index contributed by atoms with van der Waals surface area (Å²) in [5, 5.41) is 0.624. The molecule has 0 aliphatic carbocycles. The molecule has 0 atom stereocenters. The highest BCUT2D eigenvalue weighted by Gasteiger charge is 2.11. The minimum absolute atomic E-state index is 0.624. The van der Waals surface area contributed by atoms with Gasteiger partial charge in [0.25, 0.3) is 0 Å². The summed E-state index contributed by atoms with van der Waals surface area (Å²) in [6.45, 7) is 3.93. The second kappa shape index (κ2) is 3.88. The lowest BCUT2D eigenvalue weighted by atomic mass is 10.1. The van der Waals surface area contributed by atoms with E-state index in [0.29, 0.717) is 5.02 Å².